The van der Waals surface area contributed by atoms with Crippen LogP contribution in [0.3, 0.4) is 0 Å². The first-order valence-corrected chi connectivity index (χ1v) is 4.35. The molecule has 0 aliphatic rings. The predicted octanol–water partition coefficient (Wildman–Crippen LogP) is 1.34. The molecule has 0 aliphatic heterocycles. The Hall–Kier alpha value is -1.35. The minimum atomic E-state index is 0.549. The molecule has 2 aromatic rings. The minimum Gasteiger partial charge on any atom is -0.326 e. The summed E-state index contributed by atoms with van der Waals surface area (Å²) in [6, 6.07) is 6.13. The Morgan fingerprint density at radius 3 is 2.92 bits per heavy atom. The average molecular weight is 175 g/mol. The maximum Gasteiger partial charge on any atom is 0.0970 e. The van der Waals surface area contributed by atoms with Gasteiger partial charge in [0.1, 0.15) is 0 Å². The molecule has 0 atom stereocenters. The number of aryl methyl sites for hydroxylation is 2. The molecule has 0 fully saturated rings. The molecule has 13 heavy (non-hydrogen) atoms. The van der Waals surface area contributed by atoms with Crippen LogP contribution in [0.2, 0.25) is 0 Å². The second kappa shape index (κ2) is 2.85. The molecule has 1 heterocycles. The number of fused-ring (bicyclic) bond motifs is 1. The van der Waals surface area contributed by atoms with Gasteiger partial charge in [0, 0.05) is 24.7 Å². The molecule has 3 nitrogen and oxygen atoms in total. The first kappa shape index (κ1) is 8.26. The maximum absolute atomic E-state index is 5.63. The summed E-state index contributed by atoms with van der Waals surface area (Å²) in [6.45, 7) is 2.61. The van der Waals surface area contributed by atoms with Crippen LogP contribution in [0.25, 0.3) is 10.9 Å². The van der Waals surface area contributed by atoms with Crippen LogP contribution in [0.15, 0.2) is 18.2 Å². The molecule has 0 spiro atoms. The number of rotatable bonds is 1. The summed E-state index contributed by atoms with van der Waals surface area (Å²) in [7, 11) is 1.95. The molecule has 0 unspecified atom stereocenters. The van der Waals surface area contributed by atoms with E-state index in [2.05, 4.69) is 18.1 Å². The van der Waals surface area contributed by atoms with Gasteiger partial charge >= 0.3 is 0 Å². The zero-order valence-corrected chi connectivity index (χ0v) is 7.91. The number of nitrogens with two attached hydrogens (primary N) is 1. The van der Waals surface area contributed by atoms with Crippen molar-refractivity contribution in [3.8, 4) is 0 Å². The molecule has 2 N–H and O–H groups in total. The lowest BCUT2D eigenvalue weighted by atomic mass is 10.1. The summed E-state index contributed by atoms with van der Waals surface area (Å²) in [5, 5.41) is 5.62. The van der Waals surface area contributed by atoms with Crippen LogP contribution in [0.4, 0.5) is 0 Å². The first-order chi connectivity index (χ1) is 6.24. The second-order valence-corrected chi connectivity index (χ2v) is 3.23. The van der Waals surface area contributed by atoms with Crippen molar-refractivity contribution in [3.63, 3.8) is 0 Å². The molecule has 0 saturated heterocycles. The summed E-state index contributed by atoms with van der Waals surface area (Å²) in [5.41, 5.74) is 8.96. The maximum atomic E-state index is 5.63. The van der Waals surface area contributed by atoms with E-state index in [-0.39, 0.29) is 0 Å². The molecule has 2 rings (SSSR count). The lowest BCUT2D eigenvalue weighted by Gasteiger charge is -1.96. The third-order valence-corrected chi connectivity index (χ3v) is 2.46. The quantitative estimate of drug-likeness (QED) is 0.710. The average Bonchev–Trinajstić information content (AvgIpc) is 2.43. The zero-order valence-electron chi connectivity index (χ0n) is 7.91. The number of benzene rings is 1. The van der Waals surface area contributed by atoms with Crippen LogP contribution in [0, 0.1) is 6.92 Å². The van der Waals surface area contributed by atoms with Gasteiger partial charge in [-0.2, -0.15) is 5.10 Å². The minimum absolute atomic E-state index is 0.549. The smallest absolute Gasteiger partial charge is 0.0970 e. The number of hydrogen-bond donors (Lipinski definition) is 1. The molecule has 1 aromatic heterocycles. The largest absolute Gasteiger partial charge is 0.326 e. The van der Waals surface area contributed by atoms with Gasteiger partial charge in [0.2, 0.25) is 0 Å². The van der Waals surface area contributed by atoms with Gasteiger partial charge in [0.15, 0.2) is 0 Å². The summed E-state index contributed by atoms with van der Waals surface area (Å²) in [4.78, 5) is 0. The highest BCUT2D eigenvalue weighted by molar-refractivity contribution is 5.84. The van der Waals surface area contributed by atoms with Crippen molar-refractivity contribution in [3.05, 3.63) is 29.5 Å². The third kappa shape index (κ3) is 1.12. The van der Waals surface area contributed by atoms with Gasteiger partial charge in [-0.25, -0.2) is 0 Å². The molecule has 0 radical (unpaired) electrons. The van der Waals surface area contributed by atoms with Crippen LogP contribution in [0.1, 0.15) is 11.3 Å². The van der Waals surface area contributed by atoms with Crippen molar-refractivity contribution in [2.24, 2.45) is 12.8 Å². The summed E-state index contributed by atoms with van der Waals surface area (Å²) in [6.07, 6.45) is 0. The molecule has 0 amide bonds. The van der Waals surface area contributed by atoms with Gasteiger partial charge in [-0.1, -0.05) is 18.2 Å². The Morgan fingerprint density at radius 2 is 2.23 bits per heavy atom. The van der Waals surface area contributed by atoms with Crippen LogP contribution in [0.5, 0.6) is 0 Å². The molecular formula is C10H13N3. The lowest BCUT2D eigenvalue weighted by molar-refractivity contribution is 0.749. The van der Waals surface area contributed by atoms with Gasteiger partial charge < -0.3 is 5.73 Å². The standard InChI is InChI=1S/C10H13N3/c1-7-9-5-3-4-8(6-11)10(9)12-13(7)2/h3-5H,6,11H2,1-2H3. The molecular weight excluding hydrogens is 162 g/mol. The number of aromatic nitrogens is 2. The predicted molar refractivity (Wildman–Crippen MR) is 53.3 cm³/mol. The Labute approximate surface area is 77.2 Å². The molecule has 0 saturated carbocycles. The molecule has 1 aromatic carbocycles. The van der Waals surface area contributed by atoms with Crippen LogP contribution in [-0.4, -0.2) is 9.78 Å². The van der Waals surface area contributed by atoms with Crippen LogP contribution < -0.4 is 5.73 Å². The number of hydrogen-bond acceptors (Lipinski definition) is 2. The van der Waals surface area contributed by atoms with E-state index in [0.29, 0.717) is 6.54 Å². The SMILES string of the molecule is Cc1c2cccc(CN)c2nn1C. The molecule has 0 aliphatic carbocycles. The fourth-order valence-corrected chi connectivity index (χ4v) is 1.57. The van der Waals surface area contributed by atoms with Gasteiger partial charge in [0.05, 0.1) is 5.52 Å². The topological polar surface area (TPSA) is 43.8 Å². The highest BCUT2D eigenvalue weighted by atomic mass is 15.3. The van der Waals surface area contributed by atoms with E-state index in [1.165, 1.54) is 11.1 Å². The van der Waals surface area contributed by atoms with Crippen molar-refractivity contribution in [1.82, 2.24) is 9.78 Å². The summed E-state index contributed by atoms with van der Waals surface area (Å²) in [5.74, 6) is 0. The normalized spacial score (nSPS) is 11.0. The zero-order chi connectivity index (χ0) is 9.42. The van der Waals surface area contributed by atoms with Crippen molar-refractivity contribution < 1.29 is 0 Å². The first-order valence-electron chi connectivity index (χ1n) is 4.35. The van der Waals surface area contributed by atoms with E-state index in [1.807, 2.05) is 23.9 Å². The van der Waals surface area contributed by atoms with Gasteiger partial charge in [-0.3, -0.25) is 4.68 Å². The van der Waals surface area contributed by atoms with Gasteiger partial charge in [-0.15, -0.1) is 0 Å². The van der Waals surface area contributed by atoms with E-state index in [0.717, 1.165) is 11.1 Å². The Bertz CT molecular complexity index is 443. The van der Waals surface area contributed by atoms with Crippen molar-refractivity contribution in [2.45, 2.75) is 13.5 Å². The van der Waals surface area contributed by atoms with E-state index < -0.39 is 0 Å². The van der Waals surface area contributed by atoms with Gasteiger partial charge in [-0.05, 0) is 12.5 Å². The fraction of sp³-hybridized carbons (Fsp3) is 0.300. The van der Waals surface area contributed by atoms with Crippen LogP contribution >= 0.6 is 0 Å². The summed E-state index contributed by atoms with van der Waals surface area (Å²) < 4.78 is 1.89. The Morgan fingerprint density at radius 1 is 1.46 bits per heavy atom. The fourth-order valence-electron chi connectivity index (χ4n) is 1.57. The molecule has 0 bridgehead atoms. The second-order valence-electron chi connectivity index (χ2n) is 3.23. The van der Waals surface area contributed by atoms with Crippen molar-refractivity contribution >= 4 is 10.9 Å². The molecule has 3 heteroatoms. The third-order valence-electron chi connectivity index (χ3n) is 2.46. The Balaban J connectivity index is 2.84. The van der Waals surface area contributed by atoms with Crippen LogP contribution in [-0.2, 0) is 13.6 Å². The van der Waals surface area contributed by atoms with E-state index in [4.69, 9.17) is 5.73 Å². The van der Waals surface area contributed by atoms with E-state index in [1.54, 1.807) is 0 Å². The summed E-state index contributed by atoms with van der Waals surface area (Å²) >= 11 is 0. The van der Waals surface area contributed by atoms with E-state index in [9.17, 15) is 0 Å². The highest BCUT2D eigenvalue weighted by Crippen LogP contribution is 2.19. The van der Waals surface area contributed by atoms with E-state index >= 15 is 0 Å². The lowest BCUT2D eigenvalue weighted by Crippen LogP contribution is -1.97. The highest BCUT2D eigenvalue weighted by Gasteiger charge is 2.06. The monoisotopic (exact) mass is 175 g/mol. The van der Waals surface area contributed by atoms with Gasteiger partial charge in [0.25, 0.3) is 0 Å². The van der Waals surface area contributed by atoms with Crippen molar-refractivity contribution in [2.75, 3.05) is 0 Å². The number of nitrogens with zero attached hydrogens (tertiary/aromatic N) is 2. The van der Waals surface area contributed by atoms with Crippen molar-refractivity contribution in [1.29, 1.82) is 0 Å². The molecule has 68 valence electrons. The Kier molecular flexibility index (Phi) is 1.81.